The molecule has 0 bridgehead atoms. The fraction of sp³-hybridized carbons (Fsp3) is 0.917. The van der Waals surface area contributed by atoms with Crippen LogP contribution in [0.1, 0.15) is 34.6 Å². The minimum atomic E-state index is -0.609. The summed E-state index contributed by atoms with van der Waals surface area (Å²) in [5.41, 5.74) is 0.184. The number of carbonyl (C=O) groups is 1. The van der Waals surface area contributed by atoms with Gasteiger partial charge in [-0.1, -0.05) is 27.7 Å². The molecule has 0 aromatic heterocycles. The Labute approximate surface area is 91.8 Å². The molecule has 88 valence electrons. The molecule has 3 nitrogen and oxygen atoms in total. The third-order valence-electron chi connectivity index (χ3n) is 4.56. The van der Waals surface area contributed by atoms with Gasteiger partial charge in [-0.3, -0.25) is 4.79 Å². The first-order valence-corrected chi connectivity index (χ1v) is 5.43. The second-order valence-corrected chi connectivity index (χ2v) is 5.72. The van der Waals surface area contributed by atoms with Crippen LogP contribution >= 0.6 is 0 Å². The average molecular weight is 214 g/mol. The lowest BCUT2D eigenvalue weighted by Crippen LogP contribution is -2.30. The van der Waals surface area contributed by atoms with Crippen LogP contribution in [-0.2, 0) is 9.53 Å². The molecule has 15 heavy (non-hydrogen) atoms. The van der Waals surface area contributed by atoms with Crippen molar-refractivity contribution in [2.45, 2.75) is 40.7 Å². The van der Waals surface area contributed by atoms with Gasteiger partial charge < -0.3 is 9.84 Å². The number of esters is 1. The summed E-state index contributed by atoms with van der Waals surface area (Å²) < 4.78 is 4.65. The van der Waals surface area contributed by atoms with Crippen molar-refractivity contribution in [3.63, 3.8) is 0 Å². The van der Waals surface area contributed by atoms with E-state index in [0.29, 0.717) is 0 Å². The molecule has 1 N–H and O–H groups in total. The lowest BCUT2D eigenvalue weighted by Gasteiger charge is -2.18. The van der Waals surface area contributed by atoms with Crippen molar-refractivity contribution in [2.24, 2.45) is 22.7 Å². The second kappa shape index (κ2) is 3.48. The summed E-state index contributed by atoms with van der Waals surface area (Å²) in [5.74, 6) is -0.610. The first-order valence-electron chi connectivity index (χ1n) is 5.43. The standard InChI is InChI=1S/C12H22O3/c1-7(10(14)15-6)8(13)9-11(2,3)12(9,4)5/h7-9,13H,1-6H3/t7-,8+/m0/s1. The molecule has 0 aromatic carbocycles. The van der Waals surface area contributed by atoms with Crippen LogP contribution in [0.5, 0.6) is 0 Å². The van der Waals surface area contributed by atoms with Crippen molar-refractivity contribution >= 4 is 5.97 Å². The molecular formula is C12H22O3. The van der Waals surface area contributed by atoms with E-state index in [1.807, 2.05) is 0 Å². The quantitative estimate of drug-likeness (QED) is 0.729. The van der Waals surface area contributed by atoms with Gasteiger partial charge in [-0.25, -0.2) is 0 Å². The van der Waals surface area contributed by atoms with Crippen molar-refractivity contribution in [3.8, 4) is 0 Å². The van der Waals surface area contributed by atoms with E-state index < -0.39 is 12.0 Å². The predicted octanol–water partition coefficient (Wildman–Crippen LogP) is 1.84. The van der Waals surface area contributed by atoms with Gasteiger partial charge in [-0.05, 0) is 23.7 Å². The Morgan fingerprint density at radius 1 is 1.27 bits per heavy atom. The number of hydrogen-bond donors (Lipinski definition) is 1. The maximum absolute atomic E-state index is 11.3. The number of ether oxygens (including phenoxy) is 1. The zero-order valence-corrected chi connectivity index (χ0v) is 10.5. The molecule has 0 aromatic rings. The van der Waals surface area contributed by atoms with Gasteiger partial charge in [0.1, 0.15) is 0 Å². The van der Waals surface area contributed by atoms with Crippen LogP contribution < -0.4 is 0 Å². The smallest absolute Gasteiger partial charge is 0.311 e. The summed E-state index contributed by atoms with van der Waals surface area (Å²) in [6, 6.07) is 0. The van der Waals surface area contributed by atoms with Gasteiger partial charge in [0, 0.05) is 0 Å². The van der Waals surface area contributed by atoms with E-state index in [1.165, 1.54) is 7.11 Å². The van der Waals surface area contributed by atoms with E-state index in [9.17, 15) is 9.90 Å². The van der Waals surface area contributed by atoms with Crippen molar-refractivity contribution in [3.05, 3.63) is 0 Å². The Kier molecular flexibility index (Phi) is 2.90. The molecule has 3 heteroatoms. The largest absolute Gasteiger partial charge is 0.469 e. The Morgan fingerprint density at radius 3 is 1.93 bits per heavy atom. The molecule has 0 unspecified atom stereocenters. The summed E-state index contributed by atoms with van der Waals surface area (Å²) in [5, 5.41) is 10.1. The number of carbonyl (C=O) groups excluding carboxylic acids is 1. The van der Waals surface area contributed by atoms with E-state index in [-0.39, 0.29) is 22.7 Å². The molecule has 1 rings (SSSR count). The molecule has 0 aliphatic heterocycles. The summed E-state index contributed by atoms with van der Waals surface area (Å²) in [6.07, 6.45) is -0.609. The molecule has 1 saturated carbocycles. The van der Waals surface area contributed by atoms with E-state index in [0.717, 1.165) is 0 Å². The number of aliphatic hydroxyl groups excluding tert-OH is 1. The van der Waals surface area contributed by atoms with Crippen LogP contribution in [-0.4, -0.2) is 24.3 Å². The number of hydrogen-bond acceptors (Lipinski definition) is 3. The number of aliphatic hydroxyl groups is 1. The van der Waals surface area contributed by atoms with Gasteiger partial charge in [-0.15, -0.1) is 0 Å². The molecule has 1 fully saturated rings. The zero-order chi connectivity index (χ0) is 12.0. The fourth-order valence-electron chi connectivity index (χ4n) is 2.72. The average Bonchev–Trinajstić information content (AvgIpc) is 2.54. The lowest BCUT2D eigenvalue weighted by molar-refractivity contribution is -0.149. The van der Waals surface area contributed by atoms with Crippen LogP contribution in [0.25, 0.3) is 0 Å². The fourth-order valence-corrected chi connectivity index (χ4v) is 2.72. The second-order valence-electron chi connectivity index (χ2n) is 5.72. The Balaban J connectivity index is 2.73. The van der Waals surface area contributed by atoms with Crippen molar-refractivity contribution < 1.29 is 14.6 Å². The van der Waals surface area contributed by atoms with Crippen LogP contribution in [0, 0.1) is 22.7 Å². The number of rotatable bonds is 3. The summed E-state index contributed by atoms with van der Waals surface area (Å²) in [4.78, 5) is 11.3. The highest BCUT2D eigenvalue weighted by atomic mass is 16.5. The van der Waals surface area contributed by atoms with Gasteiger partial charge >= 0.3 is 5.97 Å². The molecule has 0 heterocycles. The minimum Gasteiger partial charge on any atom is -0.469 e. The SMILES string of the molecule is COC(=O)[C@@H](C)[C@@H](O)C1C(C)(C)C1(C)C. The van der Waals surface area contributed by atoms with Gasteiger partial charge in [-0.2, -0.15) is 0 Å². The van der Waals surface area contributed by atoms with Crippen molar-refractivity contribution in [2.75, 3.05) is 7.11 Å². The number of methoxy groups -OCH3 is 1. The van der Waals surface area contributed by atoms with Crippen molar-refractivity contribution in [1.82, 2.24) is 0 Å². The lowest BCUT2D eigenvalue weighted by atomic mass is 9.95. The Morgan fingerprint density at radius 2 is 1.67 bits per heavy atom. The summed E-state index contributed by atoms with van der Waals surface area (Å²) >= 11 is 0. The molecule has 0 saturated heterocycles. The molecule has 2 atom stereocenters. The molecule has 0 spiro atoms. The third-order valence-corrected chi connectivity index (χ3v) is 4.56. The highest BCUT2D eigenvalue weighted by Crippen LogP contribution is 2.70. The molecule has 1 aliphatic carbocycles. The van der Waals surface area contributed by atoms with Crippen LogP contribution in [0.2, 0.25) is 0 Å². The third kappa shape index (κ3) is 1.67. The highest BCUT2D eigenvalue weighted by molar-refractivity contribution is 5.72. The van der Waals surface area contributed by atoms with Crippen LogP contribution in [0.3, 0.4) is 0 Å². The van der Waals surface area contributed by atoms with Crippen molar-refractivity contribution in [1.29, 1.82) is 0 Å². The zero-order valence-electron chi connectivity index (χ0n) is 10.5. The maximum atomic E-state index is 11.3. The normalized spacial score (nSPS) is 26.9. The summed E-state index contributed by atoms with van der Waals surface area (Å²) in [6.45, 7) is 10.2. The van der Waals surface area contributed by atoms with E-state index in [2.05, 4.69) is 32.4 Å². The van der Waals surface area contributed by atoms with Gasteiger partial charge in [0.05, 0.1) is 19.1 Å². The van der Waals surface area contributed by atoms with Crippen LogP contribution in [0.15, 0.2) is 0 Å². The maximum Gasteiger partial charge on any atom is 0.311 e. The Hall–Kier alpha value is -0.570. The molecule has 0 amide bonds. The molecule has 0 radical (unpaired) electrons. The minimum absolute atomic E-state index is 0.0920. The van der Waals surface area contributed by atoms with Gasteiger partial charge in [0.2, 0.25) is 0 Å². The van der Waals surface area contributed by atoms with Crippen LogP contribution in [0.4, 0.5) is 0 Å². The topological polar surface area (TPSA) is 46.5 Å². The van der Waals surface area contributed by atoms with E-state index in [4.69, 9.17) is 0 Å². The monoisotopic (exact) mass is 214 g/mol. The van der Waals surface area contributed by atoms with Gasteiger partial charge in [0.15, 0.2) is 0 Å². The first-order chi connectivity index (χ1) is 6.67. The summed E-state index contributed by atoms with van der Waals surface area (Å²) in [7, 11) is 1.36. The van der Waals surface area contributed by atoms with Gasteiger partial charge in [0.25, 0.3) is 0 Å². The Bertz CT molecular complexity index is 254. The van der Waals surface area contributed by atoms with E-state index >= 15 is 0 Å². The predicted molar refractivity (Wildman–Crippen MR) is 58.2 cm³/mol. The molecule has 1 aliphatic rings. The molecular weight excluding hydrogens is 192 g/mol. The first kappa shape index (κ1) is 12.5. The highest BCUT2D eigenvalue weighted by Gasteiger charge is 2.68. The van der Waals surface area contributed by atoms with E-state index in [1.54, 1.807) is 6.92 Å².